The Morgan fingerprint density at radius 1 is 1.00 bits per heavy atom. The monoisotopic (exact) mass is 324 g/mol. The maximum absolute atomic E-state index is 12.7. The van der Waals surface area contributed by atoms with Crippen molar-refractivity contribution in [3.63, 3.8) is 0 Å². The van der Waals surface area contributed by atoms with Gasteiger partial charge in [-0.25, -0.2) is 8.42 Å². The van der Waals surface area contributed by atoms with Crippen LogP contribution in [0.3, 0.4) is 0 Å². The van der Waals surface area contributed by atoms with Crippen LogP contribution in [0.4, 0.5) is 5.69 Å². The summed E-state index contributed by atoms with van der Waals surface area (Å²) in [6.07, 6.45) is 0. The predicted octanol–water partition coefficient (Wildman–Crippen LogP) is 0.0323. The van der Waals surface area contributed by atoms with Gasteiger partial charge in [0.15, 0.2) is 0 Å². The fourth-order valence-corrected chi connectivity index (χ4v) is 4.42. The minimum absolute atomic E-state index is 0.408. The van der Waals surface area contributed by atoms with Gasteiger partial charge >= 0.3 is 0 Å². The predicted molar refractivity (Wildman–Crippen MR) is 87.8 cm³/mol. The van der Waals surface area contributed by atoms with Gasteiger partial charge in [-0.3, -0.25) is 0 Å². The molecular formula is C15H24N4O2S. The van der Waals surface area contributed by atoms with Gasteiger partial charge in [0.05, 0.1) is 4.90 Å². The molecule has 0 radical (unpaired) electrons. The van der Waals surface area contributed by atoms with Crippen LogP contribution >= 0.6 is 0 Å². The van der Waals surface area contributed by atoms with E-state index in [0.29, 0.717) is 18.0 Å². The van der Waals surface area contributed by atoms with Crippen molar-refractivity contribution >= 4 is 15.7 Å². The molecule has 0 aliphatic carbocycles. The van der Waals surface area contributed by atoms with E-state index in [-0.39, 0.29) is 0 Å². The number of sulfonamides is 1. The third-order valence-corrected chi connectivity index (χ3v) is 6.29. The molecular weight excluding hydrogens is 300 g/mol. The van der Waals surface area contributed by atoms with E-state index in [4.69, 9.17) is 0 Å². The van der Waals surface area contributed by atoms with Gasteiger partial charge in [-0.1, -0.05) is 6.07 Å². The average Bonchev–Trinajstić information content (AvgIpc) is 2.56. The van der Waals surface area contributed by atoms with Gasteiger partial charge in [-0.05, 0) is 25.2 Å². The van der Waals surface area contributed by atoms with Crippen molar-refractivity contribution in [1.82, 2.24) is 14.5 Å². The molecule has 1 aromatic carbocycles. The van der Waals surface area contributed by atoms with Crippen LogP contribution in [0.1, 0.15) is 0 Å². The highest BCUT2D eigenvalue weighted by Crippen LogP contribution is 2.23. The average molecular weight is 324 g/mol. The standard InChI is InChI=1S/C15H24N4O2S/c1-17-9-11-18(12-10-17)14-3-2-4-15(13-14)22(20,21)19-7-5-16-6-8-19/h2-4,13,16H,5-12H2,1H3. The molecule has 0 atom stereocenters. The SMILES string of the molecule is CN1CCN(c2cccc(S(=O)(=O)N3CCNCC3)c2)CC1. The zero-order chi connectivity index (χ0) is 15.6. The first-order valence-corrected chi connectivity index (χ1v) is 9.26. The molecule has 6 nitrogen and oxygen atoms in total. The maximum Gasteiger partial charge on any atom is 0.243 e. The zero-order valence-corrected chi connectivity index (χ0v) is 13.8. The normalized spacial score (nSPS) is 22.0. The molecule has 2 aliphatic rings. The quantitative estimate of drug-likeness (QED) is 0.850. The number of nitrogens with zero attached hydrogens (tertiary/aromatic N) is 3. The molecule has 0 unspecified atom stereocenters. The van der Waals surface area contributed by atoms with Crippen LogP contribution in [0.2, 0.25) is 0 Å². The van der Waals surface area contributed by atoms with E-state index in [1.165, 1.54) is 0 Å². The van der Waals surface area contributed by atoms with Crippen LogP contribution in [-0.4, -0.2) is 77.0 Å². The Morgan fingerprint density at radius 2 is 1.68 bits per heavy atom. The summed E-state index contributed by atoms with van der Waals surface area (Å²) in [6.45, 7) is 6.42. The zero-order valence-electron chi connectivity index (χ0n) is 13.0. The molecule has 0 aromatic heterocycles. The lowest BCUT2D eigenvalue weighted by atomic mass is 10.2. The largest absolute Gasteiger partial charge is 0.369 e. The van der Waals surface area contributed by atoms with Gasteiger partial charge in [0.25, 0.3) is 0 Å². The Balaban J connectivity index is 1.81. The van der Waals surface area contributed by atoms with E-state index >= 15 is 0 Å². The number of benzene rings is 1. The van der Waals surface area contributed by atoms with Crippen LogP contribution in [0, 0.1) is 0 Å². The summed E-state index contributed by atoms with van der Waals surface area (Å²) in [5.74, 6) is 0. The van der Waals surface area contributed by atoms with Crippen LogP contribution < -0.4 is 10.2 Å². The second-order valence-electron chi connectivity index (χ2n) is 5.94. The fraction of sp³-hybridized carbons (Fsp3) is 0.600. The molecule has 0 amide bonds. The molecule has 0 bridgehead atoms. The topological polar surface area (TPSA) is 55.9 Å². The molecule has 7 heteroatoms. The van der Waals surface area contributed by atoms with Gasteiger partial charge in [0.1, 0.15) is 0 Å². The minimum Gasteiger partial charge on any atom is -0.369 e. The summed E-state index contributed by atoms with van der Waals surface area (Å²) in [5, 5.41) is 3.19. The molecule has 2 saturated heterocycles. The molecule has 22 heavy (non-hydrogen) atoms. The van der Waals surface area contributed by atoms with Crippen molar-refractivity contribution in [2.24, 2.45) is 0 Å². The highest BCUT2D eigenvalue weighted by Gasteiger charge is 2.26. The maximum atomic E-state index is 12.7. The van der Waals surface area contributed by atoms with Crippen molar-refractivity contribution in [2.45, 2.75) is 4.90 Å². The van der Waals surface area contributed by atoms with Crippen molar-refractivity contribution in [2.75, 3.05) is 64.3 Å². The van der Waals surface area contributed by atoms with Gasteiger partial charge in [0.2, 0.25) is 10.0 Å². The van der Waals surface area contributed by atoms with Crippen LogP contribution in [0.15, 0.2) is 29.2 Å². The smallest absolute Gasteiger partial charge is 0.243 e. The Hall–Kier alpha value is -1.15. The summed E-state index contributed by atoms with van der Waals surface area (Å²) in [6, 6.07) is 7.38. The minimum atomic E-state index is -3.38. The van der Waals surface area contributed by atoms with Crippen molar-refractivity contribution < 1.29 is 8.42 Å². The number of hydrogen-bond acceptors (Lipinski definition) is 5. The second kappa shape index (κ2) is 6.54. The number of hydrogen-bond donors (Lipinski definition) is 1. The Labute approximate surface area is 132 Å². The van der Waals surface area contributed by atoms with Gasteiger partial charge in [-0.2, -0.15) is 4.31 Å². The van der Waals surface area contributed by atoms with Crippen molar-refractivity contribution in [1.29, 1.82) is 0 Å². The molecule has 0 spiro atoms. The van der Waals surface area contributed by atoms with E-state index in [1.807, 2.05) is 18.2 Å². The molecule has 122 valence electrons. The number of nitrogens with one attached hydrogen (secondary N) is 1. The summed E-state index contributed by atoms with van der Waals surface area (Å²) in [4.78, 5) is 4.96. The Kier molecular flexibility index (Phi) is 4.67. The molecule has 2 fully saturated rings. The lowest BCUT2D eigenvalue weighted by molar-refractivity contribution is 0.313. The Morgan fingerprint density at radius 3 is 2.36 bits per heavy atom. The number of rotatable bonds is 3. The van der Waals surface area contributed by atoms with E-state index < -0.39 is 10.0 Å². The molecule has 1 N–H and O–H groups in total. The highest BCUT2D eigenvalue weighted by atomic mass is 32.2. The van der Waals surface area contributed by atoms with Crippen LogP contribution in [-0.2, 0) is 10.0 Å². The first-order valence-electron chi connectivity index (χ1n) is 7.82. The van der Waals surface area contributed by atoms with E-state index in [0.717, 1.165) is 45.0 Å². The molecule has 1 aromatic rings. The fourth-order valence-electron chi connectivity index (χ4n) is 2.94. The lowest BCUT2D eigenvalue weighted by Gasteiger charge is -2.34. The number of likely N-dealkylation sites (N-methyl/N-ethyl adjacent to an activating group) is 1. The first kappa shape index (κ1) is 15.7. The number of anilines is 1. The third-order valence-electron chi connectivity index (χ3n) is 4.40. The van der Waals surface area contributed by atoms with Crippen molar-refractivity contribution in [3.05, 3.63) is 24.3 Å². The highest BCUT2D eigenvalue weighted by molar-refractivity contribution is 7.89. The molecule has 0 saturated carbocycles. The van der Waals surface area contributed by atoms with E-state index in [1.54, 1.807) is 10.4 Å². The molecule has 2 heterocycles. The summed E-state index contributed by atoms with van der Waals surface area (Å²) in [5.41, 5.74) is 1.00. The van der Waals surface area contributed by atoms with Gasteiger partial charge in [-0.15, -0.1) is 0 Å². The Bertz CT molecular complexity index is 606. The molecule has 2 aliphatic heterocycles. The third kappa shape index (κ3) is 3.27. The van der Waals surface area contributed by atoms with E-state index in [9.17, 15) is 8.42 Å². The van der Waals surface area contributed by atoms with E-state index in [2.05, 4.69) is 22.2 Å². The van der Waals surface area contributed by atoms with Gasteiger partial charge < -0.3 is 15.1 Å². The van der Waals surface area contributed by atoms with Gasteiger partial charge in [0, 0.05) is 58.0 Å². The molecule has 3 rings (SSSR count). The number of piperazine rings is 2. The summed E-state index contributed by atoms with van der Waals surface area (Å²) in [7, 11) is -1.26. The summed E-state index contributed by atoms with van der Waals surface area (Å²) >= 11 is 0. The van der Waals surface area contributed by atoms with Crippen LogP contribution in [0.5, 0.6) is 0 Å². The summed E-state index contributed by atoms with van der Waals surface area (Å²) < 4.78 is 27.1. The van der Waals surface area contributed by atoms with Crippen LogP contribution in [0.25, 0.3) is 0 Å². The first-order chi connectivity index (χ1) is 10.6. The van der Waals surface area contributed by atoms with Crippen molar-refractivity contribution in [3.8, 4) is 0 Å². The second-order valence-corrected chi connectivity index (χ2v) is 7.88. The lowest BCUT2D eigenvalue weighted by Crippen LogP contribution is -2.46.